The molecule has 0 saturated heterocycles. The third-order valence-electron chi connectivity index (χ3n) is 1.90. The second-order valence-electron chi connectivity index (χ2n) is 3.24. The van der Waals surface area contributed by atoms with Crippen molar-refractivity contribution in [3.63, 3.8) is 0 Å². The van der Waals surface area contributed by atoms with E-state index < -0.39 is 0 Å². The largest absolute Gasteiger partial charge is 0.477 e. The molecule has 1 aromatic rings. The van der Waals surface area contributed by atoms with E-state index in [2.05, 4.69) is 9.97 Å². The lowest BCUT2D eigenvalue weighted by molar-refractivity contribution is 0.288. The molecule has 0 aliphatic heterocycles. The Balaban J connectivity index is 2.01. The summed E-state index contributed by atoms with van der Waals surface area (Å²) >= 11 is 0. The maximum Gasteiger partial charge on any atom is 0.225 e. The van der Waals surface area contributed by atoms with Crippen LogP contribution in [0.1, 0.15) is 12.8 Å². The molecule has 1 saturated carbocycles. The average molecular weight is 180 g/mol. The van der Waals surface area contributed by atoms with E-state index in [1.807, 2.05) is 0 Å². The number of rotatable bonds is 3. The van der Waals surface area contributed by atoms with Crippen molar-refractivity contribution in [2.45, 2.75) is 12.8 Å². The van der Waals surface area contributed by atoms with Crippen molar-refractivity contribution in [2.75, 3.05) is 18.1 Å². The normalized spacial score (nSPS) is 15.7. The van der Waals surface area contributed by atoms with Crippen LogP contribution in [0.25, 0.3) is 0 Å². The smallest absolute Gasteiger partial charge is 0.225 e. The van der Waals surface area contributed by atoms with E-state index in [-0.39, 0.29) is 5.95 Å². The zero-order chi connectivity index (χ0) is 9.26. The highest BCUT2D eigenvalue weighted by molar-refractivity contribution is 5.38. The summed E-state index contributed by atoms with van der Waals surface area (Å²) in [6.45, 7) is 0.704. The van der Waals surface area contributed by atoms with Crippen molar-refractivity contribution in [1.29, 1.82) is 0 Å². The van der Waals surface area contributed by atoms with Crippen LogP contribution < -0.4 is 16.2 Å². The number of nitrogen functional groups attached to an aromatic ring is 2. The molecule has 1 fully saturated rings. The van der Waals surface area contributed by atoms with Gasteiger partial charge in [0.15, 0.2) is 0 Å². The summed E-state index contributed by atoms with van der Waals surface area (Å²) in [4.78, 5) is 7.64. The van der Waals surface area contributed by atoms with Gasteiger partial charge in [-0.05, 0) is 18.8 Å². The van der Waals surface area contributed by atoms with E-state index in [0.717, 1.165) is 0 Å². The van der Waals surface area contributed by atoms with Gasteiger partial charge in [0.2, 0.25) is 11.8 Å². The molecule has 0 amide bonds. The van der Waals surface area contributed by atoms with Crippen molar-refractivity contribution in [1.82, 2.24) is 9.97 Å². The molecule has 1 aromatic heterocycles. The Morgan fingerprint density at radius 3 is 2.77 bits per heavy atom. The van der Waals surface area contributed by atoms with Crippen LogP contribution >= 0.6 is 0 Å². The van der Waals surface area contributed by atoms with Crippen LogP contribution in [0.2, 0.25) is 0 Å². The third kappa shape index (κ3) is 2.21. The number of hydrogen-bond acceptors (Lipinski definition) is 5. The molecule has 70 valence electrons. The van der Waals surface area contributed by atoms with Gasteiger partial charge in [0.1, 0.15) is 5.82 Å². The Bertz CT molecular complexity index is 291. The molecule has 1 aliphatic carbocycles. The molecule has 0 aromatic carbocycles. The minimum atomic E-state index is 0.158. The molecular formula is C8H12N4O. The van der Waals surface area contributed by atoms with Gasteiger partial charge in [0.05, 0.1) is 6.61 Å². The summed E-state index contributed by atoms with van der Waals surface area (Å²) in [5.74, 6) is 1.67. The fraction of sp³-hybridized carbons (Fsp3) is 0.500. The van der Waals surface area contributed by atoms with E-state index in [9.17, 15) is 0 Å². The molecule has 4 N–H and O–H groups in total. The van der Waals surface area contributed by atoms with Gasteiger partial charge in [-0.15, -0.1) is 0 Å². The van der Waals surface area contributed by atoms with E-state index in [1.165, 1.54) is 12.8 Å². The van der Waals surface area contributed by atoms with Crippen LogP contribution in [0.15, 0.2) is 6.07 Å². The molecule has 5 nitrogen and oxygen atoms in total. The highest BCUT2D eigenvalue weighted by Crippen LogP contribution is 2.29. The van der Waals surface area contributed by atoms with Crippen LogP contribution in [0.5, 0.6) is 5.88 Å². The Labute approximate surface area is 76.1 Å². The van der Waals surface area contributed by atoms with Gasteiger partial charge in [-0.25, -0.2) is 0 Å². The number of anilines is 2. The summed E-state index contributed by atoms with van der Waals surface area (Å²) in [6, 6.07) is 1.58. The predicted octanol–water partition coefficient (Wildman–Crippen LogP) is 0.430. The average Bonchev–Trinajstić information content (AvgIpc) is 2.81. The molecule has 2 rings (SSSR count). The minimum absolute atomic E-state index is 0.158. The molecule has 1 heterocycles. The van der Waals surface area contributed by atoms with Gasteiger partial charge in [-0.2, -0.15) is 9.97 Å². The van der Waals surface area contributed by atoms with Crippen molar-refractivity contribution in [3.8, 4) is 5.88 Å². The van der Waals surface area contributed by atoms with Crippen molar-refractivity contribution in [2.24, 2.45) is 5.92 Å². The van der Waals surface area contributed by atoms with Gasteiger partial charge in [0.25, 0.3) is 0 Å². The van der Waals surface area contributed by atoms with Gasteiger partial charge < -0.3 is 16.2 Å². The first-order valence-electron chi connectivity index (χ1n) is 4.27. The first-order valence-corrected chi connectivity index (χ1v) is 4.27. The molecule has 0 bridgehead atoms. The first-order chi connectivity index (χ1) is 6.24. The quantitative estimate of drug-likeness (QED) is 0.704. The predicted molar refractivity (Wildman–Crippen MR) is 49.1 cm³/mol. The van der Waals surface area contributed by atoms with Crippen LogP contribution in [0.3, 0.4) is 0 Å². The number of aromatic nitrogens is 2. The number of hydrogen-bond donors (Lipinski definition) is 2. The number of nitrogens with two attached hydrogens (primary N) is 2. The highest BCUT2D eigenvalue weighted by Gasteiger charge is 2.22. The lowest BCUT2D eigenvalue weighted by Crippen LogP contribution is -2.05. The Kier molecular flexibility index (Phi) is 1.92. The van der Waals surface area contributed by atoms with Crippen LogP contribution in [-0.2, 0) is 0 Å². The zero-order valence-corrected chi connectivity index (χ0v) is 7.23. The Morgan fingerprint density at radius 1 is 1.38 bits per heavy atom. The molecule has 1 aliphatic rings. The summed E-state index contributed by atoms with van der Waals surface area (Å²) in [6.07, 6.45) is 2.49. The highest BCUT2D eigenvalue weighted by atomic mass is 16.5. The molecule has 0 radical (unpaired) electrons. The summed E-state index contributed by atoms with van der Waals surface area (Å²) in [7, 11) is 0. The third-order valence-corrected chi connectivity index (χ3v) is 1.90. The zero-order valence-electron chi connectivity index (χ0n) is 7.23. The van der Waals surface area contributed by atoms with Crippen LogP contribution in [0, 0.1) is 5.92 Å². The SMILES string of the molecule is Nc1cc(OCC2CC2)nc(N)n1. The Hall–Kier alpha value is -1.52. The standard InChI is InChI=1S/C8H12N4O/c9-6-3-7(12-8(10)11-6)13-4-5-1-2-5/h3,5H,1-2,4H2,(H4,9,10,11,12). The second kappa shape index (κ2) is 3.08. The molecule has 0 unspecified atom stereocenters. The van der Waals surface area contributed by atoms with Crippen molar-refractivity contribution in [3.05, 3.63) is 6.07 Å². The van der Waals surface area contributed by atoms with E-state index >= 15 is 0 Å². The fourth-order valence-corrected chi connectivity index (χ4v) is 1.02. The summed E-state index contributed by atoms with van der Waals surface area (Å²) in [5, 5.41) is 0. The van der Waals surface area contributed by atoms with Crippen molar-refractivity contribution < 1.29 is 4.74 Å². The maximum atomic E-state index is 5.47. The summed E-state index contributed by atoms with van der Waals surface area (Å²) in [5.41, 5.74) is 10.9. The van der Waals surface area contributed by atoms with Crippen molar-refractivity contribution >= 4 is 11.8 Å². The van der Waals surface area contributed by atoms with E-state index in [4.69, 9.17) is 16.2 Å². The molecular weight excluding hydrogens is 168 g/mol. The summed E-state index contributed by atoms with van der Waals surface area (Å²) < 4.78 is 5.38. The topological polar surface area (TPSA) is 87.0 Å². The lowest BCUT2D eigenvalue weighted by Gasteiger charge is -2.04. The second-order valence-corrected chi connectivity index (χ2v) is 3.24. The monoisotopic (exact) mass is 180 g/mol. The van der Waals surface area contributed by atoms with Crippen LogP contribution in [0.4, 0.5) is 11.8 Å². The minimum Gasteiger partial charge on any atom is -0.477 e. The van der Waals surface area contributed by atoms with Gasteiger partial charge >= 0.3 is 0 Å². The lowest BCUT2D eigenvalue weighted by atomic mass is 10.5. The fourth-order valence-electron chi connectivity index (χ4n) is 1.02. The molecule has 0 atom stereocenters. The molecule has 5 heteroatoms. The van der Waals surface area contributed by atoms with E-state index in [1.54, 1.807) is 6.07 Å². The Morgan fingerprint density at radius 2 is 2.15 bits per heavy atom. The van der Waals surface area contributed by atoms with Gasteiger partial charge in [-0.1, -0.05) is 0 Å². The number of ether oxygens (including phenoxy) is 1. The van der Waals surface area contributed by atoms with Gasteiger partial charge in [0, 0.05) is 6.07 Å². The van der Waals surface area contributed by atoms with E-state index in [0.29, 0.717) is 24.2 Å². The van der Waals surface area contributed by atoms with Gasteiger partial charge in [-0.3, -0.25) is 0 Å². The molecule has 0 spiro atoms. The van der Waals surface area contributed by atoms with Crippen LogP contribution in [-0.4, -0.2) is 16.6 Å². The first kappa shape index (κ1) is 8.10. The molecule has 13 heavy (non-hydrogen) atoms. The number of nitrogens with zero attached hydrogens (tertiary/aromatic N) is 2. The maximum absolute atomic E-state index is 5.47.